The van der Waals surface area contributed by atoms with E-state index >= 15 is 0 Å². The highest BCUT2D eigenvalue weighted by Gasteiger charge is 2.25. The number of fused-ring (bicyclic) bond motifs is 3. The highest BCUT2D eigenvalue weighted by molar-refractivity contribution is 7.19. The number of thiophene rings is 1. The van der Waals surface area contributed by atoms with Crippen molar-refractivity contribution in [2.45, 2.75) is 32.6 Å². The number of hydrogen-bond donors (Lipinski definition) is 0. The van der Waals surface area contributed by atoms with Gasteiger partial charge in [0, 0.05) is 36.7 Å². The Hall–Kier alpha value is -2.14. The van der Waals surface area contributed by atoms with E-state index in [4.69, 9.17) is 4.98 Å². The molecule has 0 spiro atoms. The molecule has 5 heteroatoms. The van der Waals surface area contributed by atoms with Crippen LogP contribution in [0.2, 0.25) is 0 Å². The molecule has 2 aliphatic rings. The molecule has 3 aromatic rings. The summed E-state index contributed by atoms with van der Waals surface area (Å²) in [7, 11) is 0. The third kappa shape index (κ3) is 2.75. The molecule has 0 atom stereocenters. The van der Waals surface area contributed by atoms with Crippen molar-refractivity contribution in [3.8, 4) is 0 Å². The molecule has 5 rings (SSSR count). The summed E-state index contributed by atoms with van der Waals surface area (Å²) < 4.78 is 0. The van der Waals surface area contributed by atoms with E-state index in [1.54, 1.807) is 11.2 Å². The van der Waals surface area contributed by atoms with E-state index in [0.29, 0.717) is 0 Å². The summed E-state index contributed by atoms with van der Waals surface area (Å²) in [6.45, 7) is 6.29. The predicted molar refractivity (Wildman–Crippen MR) is 110 cm³/mol. The van der Waals surface area contributed by atoms with Gasteiger partial charge in [-0.15, -0.1) is 11.3 Å². The molecule has 1 aliphatic heterocycles. The minimum atomic E-state index is 1.02. The second-order valence-electron chi connectivity index (χ2n) is 7.40. The van der Waals surface area contributed by atoms with Gasteiger partial charge in [-0.3, -0.25) is 0 Å². The molecule has 0 unspecified atom stereocenters. The lowest BCUT2D eigenvalue weighted by Gasteiger charge is -2.37. The highest BCUT2D eigenvalue weighted by Crippen LogP contribution is 2.39. The van der Waals surface area contributed by atoms with Crippen molar-refractivity contribution in [1.82, 2.24) is 9.97 Å². The number of rotatable bonds is 2. The summed E-state index contributed by atoms with van der Waals surface area (Å²) in [4.78, 5) is 17.0. The zero-order chi connectivity index (χ0) is 17.5. The van der Waals surface area contributed by atoms with Crippen molar-refractivity contribution in [3.05, 3.63) is 46.6 Å². The van der Waals surface area contributed by atoms with Crippen LogP contribution in [0.15, 0.2) is 30.6 Å². The molecule has 26 heavy (non-hydrogen) atoms. The van der Waals surface area contributed by atoms with Crippen molar-refractivity contribution in [1.29, 1.82) is 0 Å². The molecule has 0 bridgehead atoms. The van der Waals surface area contributed by atoms with Crippen molar-refractivity contribution < 1.29 is 0 Å². The Balaban J connectivity index is 1.42. The van der Waals surface area contributed by atoms with E-state index < -0.39 is 0 Å². The van der Waals surface area contributed by atoms with Gasteiger partial charge in [0.1, 0.15) is 17.0 Å². The van der Waals surface area contributed by atoms with Crippen LogP contribution >= 0.6 is 11.3 Å². The van der Waals surface area contributed by atoms with Gasteiger partial charge in [-0.1, -0.05) is 12.1 Å². The topological polar surface area (TPSA) is 32.3 Å². The number of anilines is 2. The first-order valence-electron chi connectivity index (χ1n) is 9.61. The van der Waals surface area contributed by atoms with E-state index in [1.807, 2.05) is 11.3 Å². The van der Waals surface area contributed by atoms with Gasteiger partial charge >= 0.3 is 0 Å². The summed E-state index contributed by atoms with van der Waals surface area (Å²) in [5.41, 5.74) is 4.20. The maximum absolute atomic E-state index is 4.73. The Bertz CT molecular complexity index is 940. The fraction of sp³-hybridized carbons (Fsp3) is 0.429. The van der Waals surface area contributed by atoms with E-state index in [0.717, 1.165) is 26.2 Å². The van der Waals surface area contributed by atoms with Crippen LogP contribution in [0, 0.1) is 6.92 Å². The van der Waals surface area contributed by atoms with Crippen LogP contribution in [-0.4, -0.2) is 36.1 Å². The largest absolute Gasteiger partial charge is 0.368 e. The fourth-order valence-electron chi connectivity index (χ4n) is 4.31. The Kier molecular flexibility index (Phi) is 4.04. The Morgan fingerprint density at radius 1 is 0.962 bits per heavy atom. The van der Waals surface area contributed by atoms with E-state index in [2.05, 4.69) is 46.0 Å². The van der Waals surface area contributed by atoms with Crippen LogP contribution in [-0.2, 0) is 12.8 Å². The number of aryl methyl sites for hydroxylation is 3. The number of hydrogen-bond acceptors (Lipinski definition) is 5. The minimum Gasteiger partial charge on any atom is -0.368 e. The number of nitrogens with zero attached hydrogens (tertiary/aromatic N) is 4. The molecule has 1 fully saturated rings. The van der Waals surface area contributed by atoms with E-state index in [1.165, 1.54) is 58.5 Å². The summed E-state index contributed by atoms with van der Waals surface area (Å²) in [5, 5.41) is 1.34. The molecule has 1 aliphatic carbocycles. The quantitative estimate of drug-likeness (QED) is 0.682. The lowest BCUT2D eigenvalue weighted by molar-refractivity contribution is 0.648. The lowest BCUT2D eigenvalue weighted by Crippen LogP contribution is -2.47. The van der Waals surface area contributed by atoms with Gasteiger partial charge in [-0.2, -0.15) is 0 Å². The first-order valence-corrected chi connectivity index (χ1v) is 10.4. The summed E-state index contributed by atoms with van der Waals surface area (Å²) in [6.07, 6.45) is 6.79. The second kappa shape index (κ2) is 6.54. The minimum absolute atomic E-state index is 1.02. The molecule has 134 valence electrons. The Morgan fingerprint density at radius 3 is 2.62 bits per heavy atom. The van der Waals surface area contributed by atoms with Crippen molar-refractivity contribution >= 4 is 33.1 Å². The van der Waals surface area contributed by atoms with Crippen molar-refractivity contribution in [2.75, 3.05) is 36.0 Å². The van der Waals surface area contributed by atoms with Crippen LogP contribution in [0.5, 0.6) is 0 Å². The standard InChI is InChI=1S/C21H24N4S/c1-15-5-4-6-16(13-15)24-9-11-25(12-10-24)20-19-17-7-2-3-8-18(17)26-21(19)23-14-22-20/h4-6,13-14H,2-3,7-12H2,1H3. The molecule has 0 N–H and O–H groups in total. The lowest BCUT2D eigenvalue weighted by atomic mass is 9.97. The van der Waals surface area contributed by atoms with Gasteiger partial charge in [-0.05, 0) is 55.9 Å². The smallest absolute Gasteiger partial charge is 0.141 e. The Labute approximate surface area is 158 Å². The molecule has 0 amide bonds. The average molecular weight is 365 g/mol. The molecule has 0 radical (unpaired) electrons. The van der Waals surface area contributed by atoms with Crippen LogP contribution < -0.4 is 9.80 Å². The zero-order valence-electron chi connectivity index (χ0n) is 15.2. The third-order valence-electron chi connectivity index (χ3n) is 5.68. The van der Waals surface area contributed by atoms with Crippen LogP contribution in [0.25, 0.3) is 10.2 Å². The predicted octanol–water partition coefficient (Wildman–Crippen LogP) is 4.21. The van der Waals surface area contributed by atoms with Crippen LogP contribution in [0.1, 0.15) is 28.8 Å². The first kappa shape index (κ1) is 16.1. The summed E-state index contributed by atoms with van der Waals surface area (Å²) in [5.74, 6) is 1.17. The van der Waals surface area contributed by atoms with Gasteiger partial charge in [0.25, 0.3) is 0 Å². The van der Waals surface area contributed by atoms with Gasteiger partial charge in [0.2, 0.25) is 0 Å². The molecule has 4 nitrogen and oxygen atoms in total. The number of aromatic nitrogens is 2. The molecule has 3 heterocycles. The van der Waals surface area contributed by atoms with Gasteiger partial charge < -0.3 is 9.80 Å². The van der Waals surface area contributed by atoms with Gasteiger partial charge in [0.15, 0.2) is 0 Å². The first-order chi connectivity index (χ1) is 12.8. The second-order valence-corrected chi connectivity index (χ2v) is 8.49. The van der Waals surface area contributed by atoms with Gasteiger partial charge in [0.05, 0.1) is 5.39 Å². The molecular formula is C21H24N4S. The van der Waals surface area contributed by atoms with E-state index in [-0.39, 0.29) is 0 Å². The Morgan fingerprint density at radius 2 is 1.77 bits per heavy atom. The summed E-state index contributed by atoms with van der Waals surface area (Å²) in [6, 6.07) is 8.83. The SMILES string of the molecule is Cc1cccc(N2CCN(c3ncnc4sc5c(c34)CCCC5)CC2)c1. The summed E-state index contributed by atoms with van der Waals surface area (Å²) >= 11 is 1.89. The van der Waals surface area contributed by atoms with Crippen LogP contribution in [0.3, 0.4) is 0 Å². The zero-order valence-corrected chi connectivity index (χ0v) is 16.1. The van der Waals surface area contributed by atoms with E-state index in [9.17, 15) is 0 Å². The normalized spacial score (nSPS) is 17.6. The van der Waals surface area contributed by atoms with Crippen molar-refractivity contribution in [2.24, 2.45) is 0 Å². The number of benzene rings is 1. The molecule has 0 saturated carbocycles. The maximum atomic E-state index is 4.73. The molecular weight excluding hydrogens is 340 g/mol. The van der Waals surface area contributed by atoms with Crippen molar-refractivity contribution in [3.63, 3.8) is 0 Å². The van der Waals surface area contributed by atoms with Crippen LogP contribution in [0.4, 0.5) is 11.5 Å². The average Bonchev–Trinajstić information content (AvgIpc) is 3.07. The maximum Gasteiger partial charge on any atom is 0.141 e. The highest BCUT2D eigenvalue weighted by atomic mass is 32.1. The third-order valence-corrected chi connectivity index (χ3v) is 6.88. The molecule has 2 aromatic heterocycles. The molecule has 1 saturated heterocycles. The molecule has 1 aromatic carbocycles. The monoisotopic (exact) mass is 364 g/mol. The van der Waals surface area contributed by atoms with Gasteiger partial charge in [-0.25, -0.2) is 9.97 Å². The fourth-order valence-corrected chi connectivity index (χ4v) is 5.54. The number of piperazine rings is 1.